The molecule has 0 saturated heterocycles. The van der Waals surface area contributed by atoms with Crippen molar-refractivity contribution in [1.82, 2.24) is 10.5 Å². The molecule has 0 atom stereocenters. The predicted molar refractivity (Wildman–Crippen MR) is 77.8 cm³/mol. The van der Waals surface area contributed by atoms with Crippen molar-refractivity contribution < 1.29 is 22.8 Å². The molecule has 2 rings (SSSR count). The van der Waals surface area contributed by atoms with E-state index in [1.807, 2.05) is 12.4 Å². The highest BCUT2D eigenvalue weighted by atomic mass is 19.2. The Kier molecular flexibility index (Phi) is 4.85. The van der Waals surface area contributed by atoms with Crippen molar-refractivity contribution in [3.63, 3.8) is 0 Å². The van der Waals surface area contributed by atoms with Gasteiger partial charge in [0.15, 0.2) is 17.5 Å². The van der Waals surface area contributed by atoms with Gasteiger partial charge in [0, 0.05) is 6.20 Å². The van der Waals surface area contributed by atoms with Gasteiger partial charge in [-0.15, -0.1) is 0 Å². The van der Waals surface area contributed by atoms with Crippen LogP contribution in [-0.2, 0) is 4.84 Å². The van der Waals surface area contributed by atoms with Crippen LogP contribution < -0.4 is 10.8 Å². The van der Waals surface area contributed by atoms with Crippen molar-refractivity contribution in [1.29, 1.82) is 0 Å². The number of rotatable bonds is 4. The number of hydrogen-bond acceptors (Lipinski definition) is 4. The Morgan fingerprint density at radius 2 is 1.87 bits per heavy atom. The number of nitrogens with zero attached hydrogens (tertiary/aromatic N) is 1. The lowest BCUT2D eigenvalue weighted by Crippen LogP contribution is -2.24. The number of benzene rings is 1. The molecule has 122 valence electrons. The van der Waals surface area contributed by atoms with E-state index in [1.54, 1.807) is 13.0 Å². The number of hydroxylamine groups is 1. The summed E-state index contributed by atoms with van der Waals surface area (Å²) in [6.07, 6.45) is 1.52. The molecule has 0 saturated carbocycles. The van der Waals surface area contributed by atoms with Gasteiger partial charge >= 0.3 is 0 Å². The highest BCUT2D eigenvalue weighted by Crippen LogP contribution is 2.29. The Labute approximate surface area is 130 Å². The van der Waals surface area contributed by atoms with Crippen molar-refractivity contribution in [2.75, 3.05) is 12.4 Å². The van der Waals surface area contributed by atoms with E-state index in [2.05, 4.69) is 15.1 Å². The van der Waals surface area contributed by atoms with E-state index in [9.17, 15) is 18.0 Å². The molecule has 8 heteroatoms. The minimum Gasteiger partial charge on any atom is -0.337 e. The molecular weight excluding hydrogens is 311 g/mol. The Balaban J connectivity index is 2.55. The maximum Gasteiger partial charge on any atom is 0.277 e. The number of nitrogens with one attached hydrogen (secondary N) is 2. The first-order valence-electron chi connectivity index (χ1n) is 6.56. The second-order valence-corrected chi connectivity index (χ2v) is 4.85. The summed E-state index contributed by atoms with van der Waals surface area (Å²) in [7, 11) is 1.16. The van der Waals surface area contributed by atoms with Crippen molar-refractivity contribution in [2.45, 2.75) is 13.8 Å². The summed E-state index contributed by atoms with van der Waals surface area (Å²) in [6.45, 7) is 3.52. The van der Waals surface area contributed by atoms with Crippen LogP contribution in [0, 0.1) is 31.3 Å². The van der Waals surface area contributed by atoms with Gasteiger partial charge in [-0.2, -0.15) is 0 Å². The molecule has 2 N–H and O–H groups in total. The molecule has 0 bridgehead atoms. The van der Waals surface area contributed by atoms with Gasteiger partial charge in [-0.3, -0.25) is 9.63 Å². The monoisotopic (exact) mass is 325 g/mol. The smallest absolute Gasteiger partial charge is 0.277 e. The molecule has 1 aromatic heterocycles. The number of hydrogen-bond donors (Lipinski definition) is 2. The van der Waals surface area contributed by atoms with Gasteiger partial charge in [0.1, 0.15) is 5.82 Å². The highest BCUT2D eigenvalue weighted by Gasteiger charge is 2.23. The van der Waals surface area contributed by atoms with Gasteiger partial charge in [0.2, 0.25) is 0 Å². The summed E-state index contributed by atoms with van der Waals surface area (Å²) in [5.41, 5.74) is 2.46. The average molecular weight is 325 g/mol. The minimum atomic E-state index is -1.69. The van der Waals surface area contributed by atoms with Crippen molar-refractivity contribution in [2.24, 2.45) is 0 Å². The topological polar surface area (TPSA) is 63.2 Å². The predicted octanol–water partition coefficient (Wildman–Crippen LogP) is 3.15. The third kappa shape index (κ3) is 3.42. The van der Waals surface area contributed by atoms with E-state index in [0.717, 1.165) is 12.7 Å². The number of aromatic nitrogens is 1. The fraction of sp³-hybridized carbons (Fsp3) is 0.200. The number of pyridine rings is 1. The zero-order valence-electron chi connectivity index (χ0n) is 12.6. The van der Waals surface area contributed by atoms with Crippen molar-refractivity contribution in [3.8, 4) is 0 Å². The molecule has 5 nitrogen and oxygen atoms in total. The summed E-state index contributed by atoms with van der Waals surface area (Å²) >= 11 is 0. The van der Waals surface area contributed by atoms with Crippen LogP contribution in [-0.4, -0.2) is 18.0 Å². The lowest BCUT2D eigenvalue weighted by molar-refractivity contribution is 0.0537. The van der Waals surface area contributed by atoms with Crippen LogP contribution in [0.25, 0.3) is 0 Å². The molecule has 1 aromatic carbocycles. The zero-order valence-corrected chi connectivity index (χ0v) is 12.6. The Morgan fingerprint density at radius 3 is 2.48 bits per heavy atom. The number of carbonyl (C=O) groups excluding carboxylic acids is 1. The fourth-order valence-corrected chi connectivity index (χ4v) is 2.01. The quantitative estimate of drug-likeness (QED) is 0.669. The summed E-state index contributed by atoms with van der Waals surface area (Å²) in [6, 6.07) is 2.35. The SMILES string of the molecule is CONC(=O)c1cc(F)c(F)c(F)c1Nc1ncc(C)cc1C. The lowest BCUT2D eigenvalue weighted by Gasteiger charge is -2.14. The summed E-state index contributed by atoms with van der Waals surface area (Å²) < 4.78 is 41.0. The Bertz CT molecular complexity index is 766. The van der Waals surface area contributed by atoms with Gasteiger partial charge in [-0.1, -0.05) is 6.07 Å². The third-order valence-corrected chi connectivity index (χ3v) is 3.06. The number of carbonyl (C=O) groups is 1. The van der Waals surface area contributed by atoms with Crippen molar-refractivity contribution >= 4 is 17.4 Å². The van der Waals surface area contributed by atoms with E-state index in [4.69, 9.17) is 0 Å². The van der Waals surface area contributed by atoms with Gasteiger partial charge < -0.3 is 5.32 Å². The van der Waals surface area contributed by atoms with Gasteiger partial charge in [0.05, 0.1) is 18.4 Å². The average Bonchev–Trinajstić information content (AvgIpc) is 2.50. The third-order valence-electron chi connectivity index (χ3n) is 3.06. The van der Waals surface area contributed by atoms with E-state index in [1.165, 1.54) is 6.20 Å². The van der Waals surface area contributed by atoms with Crippen LogP contribution in [0.2, 0.25) is 0 Å². The van der Waals surface area contributed by atoms with Gasteiger partial charge in [-0.05, 0) is 31.0 Å². The summed E-state index contributed by atoms with van der Waals surface area (Å²) in [4.78, 5) is 20.3. The van der Waals surface area contributed by atoms with Crippen LogP contribution in [0.3, 0.4) is 0 Å². The first-order chi connectivity index (χ1) is 10.8. The minimum absolute atomic E-state index is 0.215. The molecule has 0 spiro atoms. The molecule has 0 unspecified atom stereocenters. The van der Waals surface area contributed by atoms with E-state index in [0.29, 0.717) is 11.6 Å². The summed E-state index contributed by atoms with van der Waals surface area (Å²) in [5, 5.41) is 2.53. The number of halogens is 3. The van der Waals surface area contributed by atoms with E-state index in [-0.39, 0.29) is 5.82 Å². The second kappa shape index (κ2) is 6.66. The second-order valence-electron chi connectivity index (χ2n) is 4.85. The maximum absolute atomic E-state index is 14.1. The normalized spacial score (nSPS) is 10.5. The van der Waals surface area contributed by atoms with Crippen LogP contribution in [0.4, 0.5) is 24.7 Å². The number of anilines is 2. The van der Waals surface area contributed by atoms with Gasteiger partial charge in [0.25, 0.3) is 5.91 Å². The Morgan fingerprint density at radius 1 is 1.17 bits per heavy atom. The molecule has 1 heterocycles. The lowest BCUT2D eigenvalue weighted by atomic mass is 10.1. The van der Waals surface area contributed by atoms with Crippen LogP contribution in [0.5, 0.6) is 0 Å². The van der Waals surface area contributed by atoms with Gasteiger partial charge in [-0.25, -0.2) is 23.6 Å². The zero-order chi connectivity index (χ0) is 17.1. The Hall–Kier alpha value is -2.61. The molecule has 0 radical (unpaired) electrons. The van der Waals surface area contributed by atoms with Crippen molar-refractivity contribution in [3.05, 3.63) is 52.5 Å². The summed E-state index contributed by atoms with van der Waals surface area (Å²) in [5.74, 6) is -5.41. The first-order valence-corrected chi connectivity index (χ1v) is 6.56. The standard InChI is InChI=1S/C15H14F3N3O2/c1-7-4-8(2)14(19-6-7)20-13-9(15(22)21-23-3)5-10(16)11(17)12(13)18/h4-6H,1-3H3,(H,19,20)(H,21,22). The molecular formula is C15H14F3N3O2. The van der Waals surface area contributed by atoms with E-state index < -0.39 is 34.6 Å². The molecule has 2 aromatic rings. The highest BCUT2D eigenvalue weighted by molar-refractivity contribution is 5.99. The number of amides is 1. The van der Waals surface area contributed by atoms with Crippen LogP contribution in [0.15, 0.2) is 18.3 Å². The molecule has 0 fully saturated rings. The van der Waals surface area contributed by atoms with Crippen LogP contribution >= 0.6 is 0 Å². The van der Waals surface area contributed by atoms with E-state index >= 15 is 0 Å². The molecule has 1 amide bonds. The fourth-order valence-electron chi connectivity index (χ4n) is 2.01. The molecule has 0 aliphatic carbocycles. The molecule has 0 aliphatic heterocycles. The molecule has 0 aliphatic rings. The molecule has 23 heavy (non-hydrogen) atoms. The van der Waals surface area contributed by atoms with Crippen LogP contribution in [0.1, 0.15) is 21.5 Å². The largest absolute Gasteiger partial charge is 0.337 e. The maximum atomic E-state index is 14.1. The number of aryl methyl sites for hydroxylation is 2. The first kappa shape index (κ1) is 16.8.